The normalized spacial score (nSPS) is 12.3. The van der Waals surface area contributed by atoms with Crippen LogP contribution in [0, 0.1) is 5.41 Å². The lowest BCUT2D eigenvalue weighted by molar-refractivity contribution is -0.141. The number of nitrogens with two attached hydrogens (primary N) is 1. The molecule has 1 rings (SSSR count). The number of anilines is 1. The van der Waals surface area contributed by atoms with E-state index < -0.39 is 17.3 Å². The fraction of sp³-hybridized carbons (Fsp3) is 0.538. The predicted octanol–water partition coefficient (Wildman–Crippen LogP) is 2.80. The molecule has 112 valence electrons. The molecule has 1 amide bonds. The molecule has 0 saturated heterocycles. The Balaban J connectivity index is 2.86. The molecular weight excluding hydrogens is 271 g/mol. The van der Waals surface area contributed by atoms with Gasteiger partial charge in [-0.15, -0.1) is 0 Å². The summed E-state index contributed by atoms with van der Waals surface area (Å²) in [7, 11) is 0. The highest BCUT2D eigenvalue weighted by Gasteiger charge is 2.34. The van der Waals surface area contributed by atoms with Gasteiger partial charge >= 0.3 is 6.18 Å². The minimum absolute atomic E-state index is 0.180. The molecule has 0 unspecified atom stereocenters. The van der Waals surface area contributed by atoms with Gasteiger partial charge in [-0.05, 0) is 25.0 Å². The van der Waals surface area contributed by atoms with Crippen molar-refractivity contribution < 1.29 is 18.0 Å². The molecule has 0 atom stereocenters. The van der Waals surface area contributed by atoms with Crippen molar-refractivity contribution in [1.82, 2.24) is 4.98 Å². The van der Waals surface area contributed by atoms with Gasteiger partial charge in [-0.2, -0.15) is 13.2 Å². The number of alkyl halides is 3. The maximum Gasteiger partial charge on any atom is 0.433 e. The van der Waals surface area contributed by atoms with Gasteiger partial charge in [0.2, 0.25) is 5.91 Å². The molecule has 0 spiro atoms. The third kappa shape index (κ3) is 3.47. The zero-order valence-electron chi connectivity index (χ0n) is 11.4. The van der Waals surface area contributed by atoms with Crippen molar-refractivity contribution >= 4 is 11.6 Å². The molecule has 1 aromatic rings. The van der Waals surface area contributed by atoms with Crippen LogP contribution < -0.4 is 11.1 Å². The number of carbonyl (C=O) groups excluding carboxylic acids is 1. The summed E-state index contributed by atoms with van der Waals surface area (Å²) < 4.78 is 37.1. The minimum atomic E-state index is -4.49. The molecule has 4 nitrogen and oxygen atoms in total. The molecule has 1 aromatic heterocycles. The van der Waals surface area contributed by atoms with E-state index in [9.17, 15) is 18.0 Å². The lowest BCUT2D eigenvalue weighted by atomic mass is 9.81. The highest BCUT2D eigenvalue weighted by atomic mass is 19.4. The zero-order valence-corrected chi connectivity index (χ0v) is 11.4. The minimum Gasteiger partial charge on any atom is -0.329 e. The Hall–Kier alpha value is -1.63. The summed E-state index contributed by atoms with van der Waals surface area (Å²) in [4.78, 5) is 15.5. The van der Waals surface area contributed by atoms with Crippen LogP contribution in [0.2, 0.25) is 0 Å². The summed E-state index contributed by atoms with van der Waals surface area (Å²) >= 11 is 0. The Morgan fingerprint density at radius 3 is 2.25 bits per heavy atom. The van der Waals surface area contributed by atoms with Crippen molar-refractivity contribution in [3.8, 4) is 0 Å². The number of rotatable bonds is 5. The summed E-state index contributed by atoms with van der Waals surface area (Å²) in [5, 5.41) is 2.57. The van der Waals surface area contributed by atoms with Crippen LogP contribution in [0.5, 0.6) is 0 Å². The second kappa shape index (κ2) is 6.21. The van der Waals surface area contributed by atoms with Crippen LogP contribution in [-0.2, 0) is 11.0 Å². The third-order valence-electron chi connectivity index (χ3n) is 3.54. The van der Waals surface area contributed by atoms with Crippen molar-refractivity contribution in [3.63, 3.8) is 0 Å². The van der Waals surface area contributed by atoms with Gasteiger partial charge in [0.05, 0.1) is 17.3 Å². The number of hydrogen-bond acceptors (Lipinski definition) is 3. The van der Waals surface area contributed by atoms with Gasteiger partial charge in [0.1, 0.15) is 5.69 Å². The number of amides is 1. The van der Waals surface area contributed by atoms with Crippen molar-refractivity contribution in [2.24, 2.45) is 11.1 Å². The fourth-order valence-electron chi connectivity index (χ4n) is 1.85. The topological polar surface area (TPSA) is 68.0 Å². The Morgan fingerprint density at radius 2 is 1.90 bits per heavy atom. The van der Waals surface area contributed by atoms with Gasteiger partial charge in [-0.3, -0.25) is 4.79 Å². The quantitative estimate of drug-likeness (QED) is 0.875. The number of nitrogens with zero attached hydrogens (tertiary/aromatic N) is 1. The van der Waals surface area contributed by atoms with E-state index in [0.29, 0.717) is 12.8 Å². The third-order valence-corrected chi connectivity index (χ3v) is 3.54. The first-order valence-corrected chi connectivity index (χ1v) is 6.34. The molecule has 0 bridgehead atoms. The largest absolute Gasteiger partial charge is 0.433 e. The summed E-state index contributed by atoms with van der Waals surface area (Å²) in [6.07, 6.45) is -2.39. The van der Waals surface area contributed by atoms with E-state index in [1.54, 1.807) is 0 Å². The number of halogens is 3. The number of aromatic nitrogens is 1. The molecule has 0 fully saturated rings. The fourth-order valence-corrected chi connectivity index (χ4v) is 1.85. The van der Waals surface area contributed by atoms with E-state index in [1.807, 2.05) is 13.8 Å². The van der Waals surface area contributed by atoms with Crippen LogP contribution in [-0.4, -0.2) is 17.4 Å². The summed E-state index contributed by atoms with van der Waals surface area (Å²) in [5.74, 6) is -0.299. The maximum absolute atomic E-state index is 12.4. The lowest BCUT2D eigenvalue weighted by Crippen LogP contribution is -2.41. The molecule has 3 N–H and O–H groups in total. The van der Waals surface area contributed by atoms with E-state index in [-0.39, 0.29) is 18.1 Å². The molecule has 20 heavy (non-hydrogen) atoms. The van der Waals surface area contributed by atoms with Gasteiger partial charge in [0, 0.05) is 6.54 Å². The molecule has 1 heterocycles. The van der Waals surface area contributed by atoms with Crippen molar-refractivity contribution in [2.45, 2.75) is 32.9 Å². The Bertz CT molecular complexity index is 445. The summed E-state index contributed by atoms with van der Waals surface area (Å²) in [5.41, 5.74) is 4.16. The summed E-state index contributed by atoms with van der Waals surface area (Å²) in [6.45, 7) is 3.88. The Kier molecular flexibility index (Phi) is 5.10. The first-order valence-electron chi connectivity index (χ1n) is 6.34. The SMILES string of the molecule is CCC(CC)(CN)C(=O)Nc1ccc(C(F)(F)F)nc1. The Morgan fingerprint density at radius 1 is 1.30 bits per heavy atom. The van der Waals surface area contributed by atoms with Crippen LogP contribution >= 0.6 is 0 Å². The predicted molar refractivity (Wildman–Crippen MR) is 69.9 cm³/mol. The smallest absolute Gasteiger partial charge is 0.329 e. The van der Waals surface area contributed by atoms with Gasteiger partial charge in [0.25, 0.3) is 0 Å². The van der Waals surface area contributed by atoms with Gasteiger partial charge in [-0.1, -0.05) is 13.8 Å². The van der Waals surface area contributed by atoms with E-state index in [2.05, 4.69) is 10.3 Å². The second-order valence-corrected chi connectivity index (χ2v) is 4.58. The second-order valence-electron chi connectivity index (χ2n) is 4.58. The van der Waals surface area contributed by atoms with Gasteiger partial charge in [0.15, 0.2) is 0 Å². The Labute approximate surface area is 115 Å². The standard InChI is InChI=1S/C13H18F3N3O/c1-3-12(4-2,8-17)11(20)19-9-5-6-10(18-7-9)13(14,15)16/h5-7H,3-4,8,17H2,1-2H3,(H,19,20). The van der Waals surface area contributed by atoms with E-state index >= 15 is 0 Å². The van der Waals surface area contributed by atoms with E-state index in [1.165, 1.54) is 6.07 Å². The van der Waals surface area contributed by atoms with Crippen molar-refractivity contribution in [3.05, 3.63) is 24.0 Å². The molecule has 0 aromatic carbocycles. The van der Waals surface area contributed by atoms with Crippen molar-refractivity contribution in [1.29, 1.82) is 0 Å². The first-order chi connectivity index (χ1) is 9.29. The molecule has 0 saturated carbocycles. The monoisotopic (exact) mass is 289 g/mol. The molecule has 0 aliphatic rings. The lowest BCUT2D eigenvalue weighted by Gasteiger charge is -2.28. The molecule has 0 aliphatic heterocycles. The van der Waals surface area contributed by atoms with Crippen LogP contribution in [0.1, 0.15) is 32.4 Å². The summed E-state index contributed by atoms with van der Waals surface area (Å²) in [6, 6.07) is 2.01. The number of hydrogen-bond donors (Lipinski definition) is 2. The highest BCUT2D eigenvalue weighted by Crippen LogP contribution is 2.29. The first kappa shape index (κ1) is 16.4. The molecular formula is C13H18F3N3O. The number of nitrogens with one attached hydrogen (secondary N) is 1. The van der Waals surface area contributed by atoms with Crippen LogP contribution in [0.15, 0.2) is 18.3 Å². The van der Waals surface area contributed by atoms with Crippen LogP contribution in [0.4, 0.5) is 18.9 Å². The average molecular weight is 289 g/mol. The van der Waals surface area contributed by atoms with Gasteiger partial charge < -0.3 is 11.1 Å². The van der Waals surface area contributed by atoms with E-state index in [0.717, 1.165) is 12.3 Å². The van der Waals surface area contributed by atoms with Gasteiger partial charge in [-0.25, -0.2) is 4.98 Å². The molecule has 0 aliphatic carbocycles. The van der Waals surface area contributed by atoms with Crippen LogP contribution in [0.25, 0.3) is 0 Å². The van der Waals surface area contributed by atoms with Crippen molar-refractivity contribution in [2.75, 3.05) is 11.9 Å². The number of pyridine rings is 1. The molecule has 0 radical (unpaired) electrons. The zero-order chi connectivity index (χ0) is 15.4. The van der Waals surface area contributed by atoms with E-state index in [4.69, 9.17) is 5.73 Å². The average Bonchev–Trinajstić information content (AvgIpc) is 2.41. The number of carbonyl (C=O) groups is 1. The van der Waals surface area contributed by atoms with Crippen LogP contribution in [0.3, 0.4) is 0 Å². The molecule has 7 heteroatoms. The maximum atomic E-state index is 12.4. The highest BCUT2D eigenvalue weighted by molar-refractivity contribution is 5.95.